The van der Waals surface area contributed by atoms with Crippen LogP contribution in [-0.4, -0.2) is 124 Å². The minimum absolute atomic E-state index is 0. The first-order chi connectivity index (χ1) is 39.3. The van der Waals surface area contributed by atoms with E-state index in [4.69, 9.17) is 26.1 Å². The number of nitrogens with zero attached hydrogens (tertiary/aromatic N) is 6. The van der Waals surface area contributed by atoms with Crippen molar-refractivity contribution in [3.05, 3.63) is 79.6 Å². The number of benzene rings is 2. The molecule has 0 radical (unpaired) electrons. The summed E-state index contributed by atoms with van der Waals surface area (Å²) < 4.78 is 131. The number of halogens is 6. The molecular weight excluding hydrogens is 1180 g/mol. The van der Waals surface area contributed by atoms with Gasteiger partial charge in [0.1, 0.15) is 22.7 Å². The summed E-state index contributed by atoms with van der Waals surface area (Å²) in [6.45, 7) is 9.45. The van der Waals surface area contributed by atoms with E-state index in [1.54, 1.807) is 19.2 Å². The van der Waals surface area contributed by atoms with Crippen LogP contribution < -0.4 is 78.2 Å². The van der Waals surface area contributed by atoms with Crippen molar-refractivity contribution < 1.29 is 114 Å². The molecule has 2 aliphatic carbocycles. The van der Waals surface area contributed by atoms with Crippen molar-refractivity contribution >= 4 is 61.7 Å². The van der Waals surface area contributed by atoms with Gasteiger partial charge in [0.2, 0.25) is 20.0 Å². The molecule has 4 amide bonds. The average molecular weight is 1260 g/mol. The van der Waals surface area contributed by atoms with E-state index in [0.29, 0.717) is 88.7 Å². The van der Waals surface area contributed by atoms with Crippen LogP contribution in [0.2, 0.25) is 0 Å². The third-order valence-electron chi connectivity index (χ3n) is 17.3. The van der Waals surface area contributed by atoms with Gasteiger partial charge in [0.25, 0.3) is 11.8 Å². The molecular formula is C58H79F6KN10O8S2. The fourth-order valence-corrected chi connectivity index (χ4v) is 14.8. The molecule has 18 nitrogen and oxygen atoms in total. The third-order valence-corrected chi connectivity index (χ3v) is 20.4. The van der Waals surface area contributed by atoms with Crippen molar-refractivity contribution in [3.63, 3.8) is 0 Å². The number of sulfonamides is 2. The second kappa shape index (κ2) is 30.3. The Morgan fingerprint density at radius 3 is 1.34 bits per heavy atom. The number of urea groups is 1. The van der Waals surface area contributed by atoms with E-state index in [1.165, 1.54) is 24.3 Å². The Hall–Kier alpha value is -4.24. The molecule has 0 unspecified atom stereocenters. The van der Waals surface area contributed by atoms with E-state index in [2.05, 4.69) is 16.0 Å². The summed E-state index contributed by atoms with van der Waals surface area (Å²) in [6.07, 6.45) is 0.871. The molecule has 2 aromatic carbocycles. The Morgan fingerprint density at radius 2 is 1.04 bits per heavy atom. The number of amidine groups is 2. The molecule has 2 spiro atoms. The summed E-state index contributed by atoms with van der Waals surface area (Å²) in [5.74, 6) is 0.926. The molecule has 8 rings (SSSR count). The number of amides is 4. The Bertz CT molecular complexity index is 3050. The normalized spacial score (nSPS) is 22.8. The fourth-order valence-electron chi connectivity index (χ4n) is 12.4. The predicted octanol–water partition coefficient (Wildman–Crippen LogP) is 5.29. The predicted molar refractivity (Wildman–Crippen MR) is 307 cm³/mol. The number of hydrogen-bond acceptors (Lipinski definition) is 12. The van der Waals surface area contributed by atoms with Crippen molar-refractivity contribution in [3.8, 4) is 6.26 Å². The minimum Gasteiger partial charge on any atom is -0.812 e. The Kier molecular flexibility index (Phi) is 25.5. The zero-order valence-corrected chi connectivity index (χ0v) is 54.4. The van der Waals surface area contributed by atoms with Gasteiger partial charge in [-0.1, -0.05) is 24.3 Å². The zero-order valence-electron chi connectivity index (χ0n) is 49.6. The van der Waals surface area contributed by atoms with Crippen molar-refractivity contribution in [2.75, 3.05) is 40.3 Å². The summed E-state index contributed by atoms with van der Waals surface area (Å²) >= 11 is 0. The summed E-state index contributed by atoms with van der Waals surface area (Å²) in [4.78, 5) is 48.3. The number of carbonyl (C=O) groups excluding carboxylic acids is 3. The van der Waals surface area contributed by atoms with Crippen LogP contribution in [0.15, 0.2) is 45.1 Å². The van der Waals surface area contributed by atoms with Crippen LogP contribution in [0.3, 0.4) is 0 Å². The van der Waals surface area contributed by atoms with E-state index in [-0.39, 0.29) is 139 Å². The van der Waals surface area contributed by atoms with Gasteiger partial charge in [-0.3, -0.25) is 19.6 Å². The van der Waals surface area contributed by atoms with Crippen LogP contribution >= 0.6 is 0 Å². The van der Waals surface area contributed by atoms with Gasteiger partial charge in [0, 0.05) is 88.1 Å². The van der Waals surface area contributed by atoms with Crippen LogP contribution in [-0.2, 0) is 42.7 Å². The maximum absolute atomic E-state index is 13.2. The van der Waals surface area contributed by atoms with Gasteiger partial charge in [-0.2, -0.15) is 35.0 Å². The number of nitrogens with two attached hydrogens (primary N) is 1. The summed E-state index contributed by atoms with van der Waals surface area (Å²) in [6, 6.07) is 7.35. The maximum atomic E-state index is 13.2. The summed E-state index contributed by atoms with van der Waals surface area (Å²) in [5.41, 5.74) is 10.8. The molecule has 85 heavy (non-hydrogen) atoms. The van der Waals surface area contributed by atoms with Gasteiger partial charge in [0.05, 0.1) is 0 Å². The number of carbonyl (C=O) groups is 3. The molecule has 0 aromatic heterocycles. The van der Waals surface area contributed by atoms with E-state index in [9.17, 15) is 57.6 Å². The smallest absolute Gasteiger partial charge is 0.812 e. The molecule has 464 valence electrons. The molecule has 2 saturated heterocycles. The number of primary amides is 1. The van der Waals surface area contributed by atoms with Crippen LogP contribution in [0, 0.1) is 62.9 Å². The van der Waals surface area contributed by atoms with Crippen molar-refractivity contribution in [1.29, 1.82) is 5.26 Å². The van der Waals surface area contributed by atoms with Gasteiger partial charge >= 0.3 is 69.8 Å². The maximum Gasteiger partial charge on any atom is 1.00 e. The molecule has 2 aromatic rings. The minimum atomic E-state index is -4.14. The van der Waals surface area contributed by atoms with Crippen LogP contribution in [0.1, 0.15) is 147 Å². The van der Waals surface area contributed by atoms with Crippen LogP contribution in [0.4, 0.5) is 31.1 Å². The number of nitriles is 1. The van der Waals surface area contributed by atoms with Crippen molar-refractivity contribution in [2.45, 2.75) is 167 Å². The van der Waals surface area contributed by atoms with Crippen molar-refractivity contribution in [2.24, 2.45) is 39.4 Å². The Morgan fingerprint density at radius 1 is 0.706 bits per heavy atom. The SMILES string of the molecule is CNCc1cc(C)c(/C=C/S(=O)(=O)N2CCC3(CC2)N=C(C2CCC(CCC(F)(F)F)CC2)NC3=O)c(C)c1.Cc1cc(CN(C)C(N)=O)cc(C)c1/C=C/S(=O)(=O)N1CCC2(CC1)N=C(C1CCC(CCC(F)(F)F)CC1)NC2=O.N#C[O-].[K+]. The molecule has 27 heteroatoms. The van der Waals surface area contributed by atoms with E-state index in [0.717, 1.165) is 51.1 Å². The van der Waals surface area contributed by atoms with E-state index >= 15 is 0 Å². The largest absolute Gasteiger partial charge is 1.00 e. The summed E-state index contributed by atoms with van der Waals surface area (Å²) in [7, 11) is -3.94. The topological polar surface area (TPSA) is 263 Å². The second-order valence-corrected chi connectivity index (χ2v) is 26.9. The number of nitrogens with one attached hydrogen (secondary N) is 3. The van der Waals surface area contributed by atoms with Crippen molar-refractivity contribution in [1.82, 2.24) is 29.5 Å². The van der Waals surface area contributed by atoms with Gasteiger partial charge in [-0.15, -0.1) is 0 Å². The van der Waals surface area contributed by atoms with Gasteiger partial charge < -0.3 is 31.7 Å². The number of alkyl halides is 6. The molecule has 2 saturated carbocycles. The number of rotatable bonds is 16. The first kappa shape index (κ1) is 71.5. The standard InChI is InChI=1S/C29H40F3N5O4S.C28H39F3N4O3S.CHNO.K/c1-19-16-22(18-36(3)27(33)39)17-20(2)24(19)9-15-42(40,41)37-13-11-28(12-14-37)26(38)34-25(35-28)23-6-4-21(5-7-23)8-10-29(30,31)32;1-19-16-22(18-32-3)17-20(2)24(19)9-15-39(37,38)35-13-11-27(12-14-35)26(36)33-25(34-27)23-6-4-21(5-7-23)8-10-28(29,30)31;2-1-3;/h9,15-17,21,23H,4-8,10-14,18H2,1-3H3,(H2,33,39)(H,34,35,38);9,15-17,21,23,32H,4-8,10-14,18H2,1-3H3,(H,33,34,36);3H;/q;;;+1/p-1/b2*15-9+;;. The second-order valence-electron chi connectivity index (χ2n) is 23.3. The zero-order chi connectivity index (χ0) is 62.0. The number of aryl methyl sites for hydroxylation is 4. The van der Waals surface area contributed by atoms with Crippen LogP contribution in [0.5, 0.6) is 0 Å². The number of hydrogen-bond donors (Lipinski definition) is 4. The first-order valence-corrected chi connectivity index (χ1v) is 31.5. The Balaban J connectivity index is 0.000000294. The molecule has 4 aliphatic heterocycles. The average Bonchev–Trinajstić information content (AvgIpc) is 2.75. The van der Waals surface area contributed by atoms with Crippen LogP contribution in [0.25, 0.3) is 12.2 Å². The third kappa shape index (κ3) is 19.6. The number of aliphatic imine (C=N–C) groups is 2. The van der Waals surface area contributed by atoms with Gasteiger partial charge in [-0.05, 0) is 193 Å². The fraction of sp³-hybridized carbons (Fsp3) is 0.621. The van der Waals surface area contributed by atoms with E-state index in [1.807, 2.05) is 59.0 Å². The molecule has 6 aliphatic rings. The quantitative estimate of drug-likeness (QED) is 0.0959. The van der Waals surface area contributed by atoms with E-state index < -0.39 is 62.3 Å². The monoisotopic (exact) mass is 1260 g/mol. The molecule has 0 bridgehead atoms. The van der Waals surface area contributed by atoms with Gasteiger partial charge in [-0.25, -0.2) is 26.9 Å². The first-order valence-electron chi connectivity index (χ1n) is 28.5. The summed E-state index contributed by atoms with van der Waals surface area (Å²) in [5, 5.41) is 26.4. The molecule has 4 fully saturated rings. The molecule has 4 heterocycles. The molecule has 5 N–H and O–H groups in total. The molecule has 0 atom stereocenters. The Labute approximate surface area is 538 Å². The number of piperidine rings is 2. The van der Waals surface area contributed by atoms with Gasteiger partial charge in [0.15, 0.2) is 0 Å².